The van der Waals surface area contributed by atoms with E-state index in [9.17, 15) is 4.79 Å². The molecule has 0 bridgehead atoms. The van der Waals surface area contributed by atoms with E-state index in [0.29, 0.717) is 13.2 Å². The van der Waals surface area contributed by atoms with Gasteiger partial charge in [-0.2, -0.15) is 0 Å². The number of carbonyl (C=O) groups is 1. The topological polar surface area (TPSA) is 47.6 Å². The number of ether oxygens (including phenoxy) is 2. The van der Waals surface area contributed by atoms with Crippen LogP contribution >= 0.6 is 0 Å². The third-order valence-corrected chi connectivity index (χ3v) is 2.78. The maximum atomic E-state index is 11.7. The molecule has 0 spiro atoms. The zero-order valence-corrected chi connectivity index (χ0v) is 11.7. The van der Waals surface area contributed by atoms with Gasteiger partial charge in [0.15, 0.2) is 0 Å². The summed E-state index contributed by atoms with van der Waals surface area (Å²) in [6, 6.07) is 9.70. The minimum absolute atomic E-state index is 0.133. The molecule has 0 amide bonds. The maximum Gasteiger partial charge on any atom is 0.310 e. The lowest BCUT2D eigenvalue weighted by Crippen LogP contribution is -2.28. The summed E-state index contributed by atoms with van der Waals surface area (Å²) in [6.07, 6.45) is 0.947. The molecule has 0 heterocycles. The van der Waals surface area contributed by atoms with Crippen molar-refractivity contribution in [2.24, 2.45) is 5.92 Å². The molecule has 0 saturated carbocycles. The summed E-state index contributed by atoms with van der Waals surface area (Å²) in [5, 5.41) is 3.22. The average Bonchev–Trinajstić information content (AvgIpc) is 2.45. The molecular weight excluding hydrogens is 242 g/mol. The van der Waals surface area contributed by atoms with Crippen molar-refractivity contribution in [3.8, 4) is 0 Å². The zero-order valence-electron chi connectivity index (χ0n) is 11.7. The van der Waals surface area contributed by atoms with Gasteiger partial charge in [-0.05, 0) is 18.5 Å². The summed E-state index contributed by atoms with van der Waals surface area (Å²) in [5.41, 5.74) is 1.01. The van der Waals surface area contributed by atoms with Gasteiger partial charge in [0.2, 0.25) is 0 Å². The van der Waals surface area contributed by atoms with Crippen LogP contribution in [0.25, 0.3) is 0 Å². The van der Waals surface area contributed by atoms with Gasteiger partial charge in [0.05, 0.1) is 5.92 Å². The van der Waals surface area contributed by atoms with Gasteiger partial charge >= 0.3 is 5.97 Å². The van der Waals surface area contributed by atoms with Crippen LogP contribution in [0, 0.1) is 5.92 Å². The van der Waals surface area contributed by atoms with Crippen molar-refractivity contribution in [3.05, 3.63) is 35.9 Å². The van der Waals surface area contributed by atoms with Crippen LogP contribution in [-0.2, 0) is 20.9 Å². The monoisotopic (exact) mass is 265 g/mol. The fraction of sp³-hybridized carbons (Fsp3) is 0.533. The van der Waals surface area contributed by atoms with Crippen molar-refractivity contribution >= 4 is 5.97 Å². The van der Waals surface area contributed by atoms with Gasteiger partial charge in [0.1, 0.15) is 6.61 Å². The number of benzene rings is 1. The van der Waals surface area contributed by atoms with Crippen LogP contribution in [0.5, 0.6) is 0 Å². The Labute approximate surface area is 115 Å². The lowest BCUT2D eigenvalue weighted by atomic mass is 10.2. The Hall–Kier alpha value is -1.39. The van der Waals surface area contributed by atoms with E-state index >= 15 is 0 Å². The first-order valence-corrected chi connectivity index (χ1v) is 6.64. The van der Waals surface area contributed by atoms with E-state index in [1.54, 1.807) is 7.11 Å². The largest absolute Gasteiger partial charge is 0.461 e. The van der Waals surface area contributed by atoms with Gasteiger partial charge in [-0.15, -0.1) is 0 Å². The molecule has 0 aromatic heterocycles. The van der Waals surface area contributed by atoms with E-state index in [4.69, 9.17) is 9.47 Å². The molecule has 4 nitrogen and oxygen atoms in total. The van der Waals surface area contributed by atoms with Crippen molar-refractivity contribution < 1.29 is 14.3 Å². The van der Waals surface area contributed by atoms with E-state index < -0.39 is 0 Å². The van der Waals surface area contributed by atoms with E-state index in [1.165, 1.54) is 0 Å². The maximum absolute atomic E-state index is 11.7. The molecule has 1 rings (SSSR count). The number of methoxy groups -OCH3 is 1. The molecule has 1 unspecified atom stereocenters. The summed E-state index contributed by atoms with van der Waals surface area (Å²) in [4.78, 5) is 11.7. The highest BCUT2D eigenvalue weighted by Crippen LogP contribution is 2.04. The van der Waals surface area contributed by atoms with Crippen LogP contribution in [0.2, 0.25) is 0 Å². The predicted molar refractivity (Wildman–Crippen MR) is 74.8 cm³/mol. The molecule has 0 aliphatic rings. The van der Waals surface area contributed by atoms with Crippen LogP contribution in [0.15, 0.2) is 30.3 Å². The number of rotatable bonds is 9. The molecule has 0 aliphatic carbocycles. The first-order chi connectivity index (χ1) is 9.24. The molecule has 0 fully saturated rings. The van der Waals surface area contributed by atoms with E-state index in [0.717, 1.165) is 25.1 Å². The van der Waals surface area contributed by atoms with Crippen molar-refractivity contribution in [1.82, 2.24) is 5.32 Å². The van der Waals surface area contributed by atoms with Gasteiger partial charge in [0.25, 0.3) is 0 Å². The van der Waals surface area contributed by atoms with Gasteiger partial charge in [-0.25, -0.2) is 0 Å². The van der Waals surface area contributed by atoms with Crippen molar-refractivity contribution in [3.63, 3.8) is 0 Å². The highest BCUT2D eigenvalue weighted by atomic mass is 16.5. The molecule has 1 aromatic rings. The summed E-state index contributed by atoms with van der Waals surface area (Å²) >= 11 is 0. The van der Waals surface area contributed by atoms with Gasteiger partial charge in [-0.3, -0.25) is 4.79 Å². The number of carbonyl (C=O) groups excluding carboxylic acids is 1. The normalized spacial score (nSPS) is 12.1. The molecule has 4 heteroatoms. The number of esters is 1. The standard InChI is InChI=1S/C15H23NO3/c1-13(11-16-9-6-10-18-2)15(17)19-12-14-7-4-3-5-8-14/h3-5,7-8,13,16H,6,9-12H2,1-2H3. The average molecular weight is 265 g/mol. The lowest BCUT2D eigenvalue weighted by molar-refractivity contribution is -0.149. The predicted octanol–water partition coefficient (Wildman–Crippen LogP) is 1.99. The molecule has 1 atom stereocenters. The Morgan fingerprint density at radius 1 is 1.32 bits per heavy atom. The molecule has 0 aliphatic heterocycles. The number of hydrogen-bond donors (Lipinski definition) is 1. The Balaban J connectivity index is 2.14. The highest BCUT2D eigenvalue weighted by molar-refractivity contribution is 5.72. The zero-order chi connectivity index (χ0) is 13.9. The quantitative estimate of drug-likeness (QED) is 0.548. The number of hydrogen-bond acceptors (Lipinski definition) is 4. The molecule has 0 radical (unpaired) electrons. The van der Waals surface area contributed by atoms with E-state index in [2.05, 4.69) is 5.32 Å². The Kier molecular flexibility index (Phi) is 7.86. The Bertz CT molecular complexity index is 354. The smallest absolute Gasteiger partial charge is 0.310 e. The van der Waals surface area contributed by atoms with Crippen LogP contribution in [-0.4, -0.2) is 32.8 Å². The first kappa shape index (κ1) is 15.7. The molecule has 1 aromatic carbocycles. The second-order valence-corrected chi connectivity index (χ2v) is 4.54. The van der Waals surface area contributed by atoms with E-state index in [-0.39, 0.29) is 11.9 Å². The first-order valence-electron chi connectivity index (χ1n) is 6.64. The highest BCUT2D eigenvalue weighted by Gasteiger charge is 2.13. The fourth-order valence-electron chi connectivity index (χ4n) is 1.61. The summed E-state index contributed by atoms with van der Waals surface area (Å²) < 4.78 is 10.2. The van der Waals surface area contributed by atoms with Crippen molar-refractivity contribution in [1.29, 1.82) is 0 Å². The number of nitrogens with one attached hydrogen (secondary N) is 1. The fourth-order valence-corrected chi connectivity index (χ4v) is 1.61. The molecular formula is C15H23NO3. The molecule has 1 N–H and O–H groups in total. The van der Waals surface area contributed by atoms with Crippen LogP contribution < -0.4 is 5.32 Å². The van der Waals surface area contributed by atoms with Gasteiger partial charge < -0.3 is 14.8 Å². The minimum Gasteiger partial charge on any atom is -0.461 e. The molecule has 0 saturated heterocycles. The van der Waals surface area contributed by atoms with Crippen LogP contribution in [0.1, 0.15) is 18.9 Å². The summed E-state index contributed by atoms with van der Waals surface area (Å²) in [6.45, 7) is 4.44. The lowest BCUT2D eigenvalue weighted by Gasteiger charge is -2.12. The third kappa shape index (κ3) is 6.94. The third-order valence-electron chi connectivity index (χ3n) is 2.78. The molecule has 19 heavy (non-hydrogen) atoms. The van der Waals surface area contributed by atoms with Crippen LogP contribution in [0.3, 0.4) is 0 Å². The minimum atomic E-state index is -0.164. The van der Waals surface area contributed by atoms with Crippen molar-refractivity contribution in [2.75, 3.05) is 26.8 Å². The second-order valence-electron chi connectivity index (χ2n) is 4.54. The van der Waals surface area contributed by atoms with E-state index in [1.807, 2.05) is 37.3 Å². The Morgan fingerprint density at radius 2 is 2.05 bits per heavy atom. The van der Waals surface area contributed by atoms with Crippen LogP contribution in [0.4, 0.5) is 0 Å². The summed E-state index contributed by atoms with van der Waals surface area (Å²) in [7, 11) is 1.68. The van der Waals surface area contributed by atoms with Gasteiger partial charge in [-0.1, -0.05) is 37.3 Å². The SMILES string of the molecule is COCCCNCC(C)C(=O)OCc1ccccc1. The Morgan fingerprint density at radius 3 is 2.74 bits per heavy atom. The van der Waals surface area contributed by atoms with Crippen molar-refractivity contribution in [2.45, 2.75) is 20.0 Å². The molecule has 106 valence electrons. The summed E-state index contributed by atoms with van der Waals surface area (Å²) in [5.74, 6) is -0.297. The van der Waals surface area contributed by atoms with Gasteiger partial charge in [0, 0.05) is 20.3 Å². The second kappa shape index (κ2) is 9.53.